The highest BCUT2D eigenvalue weighted by molar-refractivity contribution is 5.97. The third-order valence-electron chi connectivity index (χ3n) is 3.84. The molecule has 0 aliphatic carbocycles. The molecule has 2 rings (SSSR count). The summed E-state index contributed by atoms with van der Waals surface area (Å²) in [6, 6.07) is 8.57. The number of carboxylic acids is 1. The van der Waals surface area contributed by atoms with E-state index >= 15 is 0 Å². The lowest BCUT2D eigenvalue weighted by molar-refractivity contribution is -0.154. The highest BCUT2D eigenvalue weighted by atomic mass is 16.4. The molecule has 0 radical (unpaired) electrons. The average molecular weight is 290 g/mol. The van der Waals surface area contributed by atoms with Gasteiger partial charge in [0.15, 0.2) is 0 Å². The summed E-state index contributed by atoms with van der Waals surface area (Å²) in [4.78, 5) is 36.7. The van der Waals surface area contributed by atoms with Gasteiger partial charge in [0.1, 0.15) is 5.54 Å². The van der Waals surface area contributed by atoms with Crippen LogP contribution in [0, 0.1) is 0 Å². The van der Waals surface area contributed by atoms with Gasteiger partial charge in [-0.3, -0.25) is 9.59 Å². The van der Waals surface area contributed by atoms with E-state index in [-0.39, 0.29) is 18.4 Å². The van der Waals surface area contributed by atoms with Crippen LogP contribution in [0.5, 0.6) is 0 Å². The van der Waals surface area contributed by atoms with Crippen molar-refractivity contribution in [2.75, 3.05) is 13.1 Å². The monoisotopic (exact) mass is 290 g/mol. The Morgan fingerprint density at radius 1 is 1.29 bits per heavy atom. The van der Waals surface area contributed by atoms with E-state index in [0.717, 1.165) is 0 Å². The first-order valence-electron chi connectivity index (χ1n) is 6.82. The average Bonchev–Trinajstić information content (AvgIpc) is 2.89. The van der Waals surface area contributed by atoms with Crippen molar-refractivity contribution in [1.82, 2.24) is 10.2 Å². The van der Waals surface area contributed by atoms with Crippen molar-refractivity contribution < 1.29 is 19.5 Å². The number of amides is 2. The summed E-state index contributed by atoms with van der Waals surface area (Å²) in [6.45, 7) is 1.75. The standard InChI is InChI=1S/C15H18N2O4/c1-15(14(20)21)8-5-9-17(15)12(18)10-16-13(19)11-6-3-2-4-7-11/h2-4,6-7H,5,8-10H2,1H3,(H,16,19)(H,20,21). The number of aliphatic carboxylic acids is 1. The zero-order valence-corrected chi connectivity index (χ0v) is 11.8. The molecule has 1 aromatic rings. The topological polar surface area (TPSA) is 86.7 Å². The zero-order valence-electron chi connectivity index (χ0n) is 11.8. The van der Waals surface area contributed by atoms with E-state index in [1.54, 1.807) is 37.3 Å². The predicted molar refractivity (Wildman–Crippen MR) is 75.8 cm³/mol. The SMILES string of the molecule is CC1(C(=O)O)CCCN1C(=O)CNC(=O)c1ccccc1. The Kier molecular flexibility index (Phi) is 4.26. The van der Waals surface area contributed by atoms with Crippen molar-refractivity contribution >= 4 is 17.8 Å². The van der Waals surface area contributed by atoms with E-state index in [1.807, 2.05) is 0 Å². The van der Waals surface area contributed by atoms with Crippen molar-refractivity contribution in [2.45, 2.75) is 25.3 Å². The van der Waals surface area contributed by atoms with Crippen molar-refractivity contribution in [1.29, 1.82) is 0 Å². The van der Waals surface area contributed by atoms with Crippen LogP contribution in [-0.2, 0) is 9.59 Å². The largest absolute Gasteiger partial charge is 0.480 e. The number of hydrogen-bond acceptors (Lipinski definition) is 3. The number of hydrogen-bond donors (Lipinski definition) is 2. The molecule has 0 aromatic heterocycles. The highest BCUT2D eigenvalue weighted by Crippen LogP contribution is 2.29. The van der Waals surface area contributed by atoms with Crippen LogP contribution in [0.25, 0.3) is 0 Å². The van der Waals surface area contributed by atoms with Gasteiger partial charge in [0, 0.05) is 12.1 Å². The van der Waals surface area contributed by atoms with Gasteiger partial charge in [-0.1, -0.05) is 18.2 Å². The molecule has 1 aliphatic heterocycles. The summed E-state index contributed by atoms with van der Waals surface area (Å²) in [5.41, 5.74) is -0.707. The van der Waals surface area contributed by atoms with E-state index in [1.165, 1.54) is 4.90 Å². The maximum atomic E-state index is 12.1. The normalized spacial score (nSPS) is 21.1. The van der Waals surface area contributed by atoms with Gasteiger partial charge in [-0.2, -0.15) is 0 Å². The third kappa shape index (κ3) is 3.04. The second-order valence-corrected chi connectivity index (χ2v) is 5.28. The number of carbonyl (C=O) groups excluding carboxylic acids is 2. The van der Waals surface area contributed by atoms with Gasteiger partial charge in [0.05, 0.1) is 6.54 Å². The van der Waals surface area contributed by atoms with Gasteiger partial charge in [0.25, 0.3) is 5.91 Å². The molecular formula is C15H18N2O4. The van der Waals surface area contributed by atoms with Gasteiger partial charge >= 0.3 is 5.97 Å². The van der Waals surface area contributed by atoms with Crippen LogP contribution in [0.3, 0.4) is 0 Å². The van der Waals surface area contributed by atoms with Crippen LogP contribution < -0.4 is 5.32 Å². The molecule has 0 bridgehead atoms. The van der Waals surface area contributed by atoms with Crippen LogP contribution >= 0.6 is 0 Å². The van der Waals surface area contributed by atoms with Crippen molar-refractivity contribution in [3.05, 3.63) is 35.9 Å². The lowest BCUT2D eigenvalue weighted by Crippen LogP contribution is -2.53. The minimum Gasteiger partial charge on any atom is -0.480 e. The van der Waals surface area contributed by atoms with Crippen LogP contribution in [-0.4, -0.2) is 46.4 Å². The summed E-state index contributed by atoms with van der Waals surface area (Å²) in [7, 11) is 0. The minimum absolute atomic E-state index is 0.198. The summed E-state index contributed by atoms with van der Waals surface area (Å²) in [5, 5.41) is 11.8. The fourth-order valence-corrected chi connectivity index (χ4v) is 2.53. The Balaban J connectivity index is 1.96. The number of nitrogens with one attached hydrogen (secondary N) is 1. The first kappa shape index (κ1) is 15.0. The van der Waals surface area contributed by atoms with Crippen LogP contribution in [0.1, 0.15) is 30.1 Å². The number of likely N-dealkylation sites (tertiary alicyclic amines) is 1. The van der Waals surface area contributed by atoms with Gasteiger partial charge in [-0.05, 0) is 31.9 Å². The van der Waals surface area contributed by atoms with E-state index in [2.05, 4.69) is 5.32 Å². The molecule has 1 saturated heterocycles. The molecule has 2 N–H and O–H groups in total. The maximum Gasteiger partial charge on any atom is 0.329 e. The molecule has 0 saturated carbocycles. The molecule has 6 heteroatoms. The van der Waals surface area contributed by atoms with Crippen molar-refractivity contribution in [3.8, 4) is 0 Å². The number of nitrogens with zero attached hydrogens (tertiary/aromatic N) is 1. The second kappa shape index (κ2) is 5.95. The molecule has 1 aliphatic rings. The number of carbonyl (C=O) groups is 3. The lowest BCUT2D eigenvalue weighted by atomic mass is 9.99. The van der Waals surface area contributed by atoms with E-state index in [0.29, 0.717) is 24.9 Å². The van der Waals surface area contributed by atoms with Crippen molar-refractivity contribution in [3.63, 3.8) is 0 Å². The smallest absolute Gasteiger partial charge is 0.329 e. The molecule has 1 fully saturated rings. The van der Waals surface area contributed by atoms with Crippen molar-refractivity contribution in [2.24, 2.45) is 0 Å². The highest BCUT2D eigenvalue weighted by Gasteiger charge is 2.45. The maximum absolute atomic E-state index is 12.1. The zero-order chi connectivity index (χ0) is 15.5. The summed E-state index contributed by atoms with van der Waals surface area (Å²) < 4.78 is 0. The third-order valence-corrected chi connectivity index (χ3v) is 3.84. The fraction of sp³-hybridized carbons (Fsp3) is 0.400. The molecule has 2 amide bonds. The van der Waals surface area contributed by atoms with Gasteiger partial charge in [0.2, 0.25) is 5.91 Å². The molecule has 112 valence electrons. The molecular weight excluding hydrogens is 272 g/mol. The Hall–Kier alpha value is -2.37. The van der Waals surface area contributed by atoms with Gasteiger partial charge < -0.3 is 15.3 Å². The molecule has 1 atom stereocenters. The summed E-state index contributed by atoms with van der Waals surface area (Å²) in [6.07, 6.45) is 1.09. The molecule has 1 heterocycles. The molecule has 1 unspecified atom stereocenters. The van der Waals surface area contributed by atoms with E-state index in [4.69, 9.17) is 0 Å². The summed E-state index contributed by atoms with van der Waals surface area (Å²) >= 11 is 0. The van der Waals surface area contributed by atoms with E-state index in [9.17, 15) is 19.5 Å². The first-order chi connectivity index (χ1) is 9.95. The quantitative estimate of drug-likeness (QED) is 0.862. The minimum atomic E-state index is -1.17. The molecule has 0 spiro atoms. The number of benzene rings is 1. The first-order valence-corrected chi connectivity index (χ1v) is 6.82. The Morgan fingerprint density at radius 2 is 1.95 bits per heavy atom. The summed E-state index contributed by atoms with van der Waals surface area (Å²) in [5.74, 6) is -1.73. The fourth-order valence-electron chi connectivity index (χ4n) is 2.53. The molecule has 21 heavy (non-hydrogen) atoms. The van der Waals surface area contributed by atoms with E-state index < -0.39 is 11.5 Å². The van der Waals surface area contributed by atoms with Crippen LogP contribution in [0.2, 0.25) is 0 Å². The number of carboxylic acid groups (broad SMARTS) is 1. The van der Waals surface area contributed by atoms with Gasteiger partial charge in [-0.15, -0.1) is 0 Å². The number of rotatable bonds is 4. The Morgan fingerprint density at radius 3 is 2.57 bits per heavy atom. The lowest BCUT2D eigenvalue weighted by Gasteiger charge is -2.31. The molecule has 1 aromatic carbocycles. The van der Waals surface area contributed by atoms with Gasteiger partial charge in [-0.25, -0.2) is 4.79 Å². The van der Waals surface area contributed by atoms with Crippen LogP contribution in [0.4, 0.5) is 0 Å². The second-order valence-electron chi connectivity index (χ2n) is 5.28. The Bertz CT molecular complexity index is 558. The van der Waals surface area contributed by atoms with Crippen LogP contribution in [0.15, 0.2) is 30.3 Å². The predicted octanol–water partition coefficient (Wildman–Crippen LogP) is 0.882. The molecule has 6 nitrogen and oxygen atoms in total. The Labute approximate surface area is 122 Å².